The molecule has 0 saturated heterocycles. The molecule has 12 heavy (non-hydrogen) atoms. The number of hydrogen-bond donors (Lipinski definition) is 1. The Morgan fingerprint density at radius 3 is 3.00 bits per heavy atom. The molecule has 0 amide bonds. The highest BCUT2D eigenvalue weighted by Crippen LogP contribution is 2.14. The zero-order chi connectivity index (χ0) is 8.81. The van der Waals surface area contributed by atoms with Crippen molar-refractivity contribution < 1.29 is 0 Å². The summed E-state index contributed by atoms with van der Waals surface area (Å²) in [4.78, 5) is 1.35. The van der Waals surface area contributed by atoms with Crippen molar-refractivity contribution in [1.29, 1.82) is 0 Å². The fourth-order valence-electron chi connectivity index (χ4n) is 1.08. The van der Waals surface area contributed by atoms with Gasteiger partial charge in [-0.25, -0.2) is 0 Å². The summed E-state index contributed by atoms with van der Waals surface area (Å²) >= 11 is 1.79. The maximum atomic E-state index is 3.17. The molecule has 0 fully saturated rings. The minimum absolute atomic E-state index is 0.994. The minimum atomic E-state index is 0.994. The summed E-state index contributed by atoms with van der Waals surface area (Å²) in [6, 6.07) is 4.24. The van der Waals surface area contributed by atoms with E-state index in [0.717, 1.165) is 13.0 Å². The van der Waals surface area contributed by atoms with Crippen LogP contribution >= 0.6 is 11.3 Å². The molecule has 0 aliphatic carbocycles. The first-order valence-electron chi connectivity index (χ1n) is 4.24. The van der Waals surface area contributed by atoms with Crippen LogP contribution in [0.2, 0.25) is 0 Å². The van der Waals surface area contributed by atoms with E-state index in [9.17, 15) is 0 Å². The average molecular weight is 181 g/mol. The van der Waals surface area contributed by atoms with Crippen LogP contribution in [0.25, 0.3) is 6.08 Å². The van der Waals surface area contributed by atoms with Crippen LogP contribution in [0.5, 0.6) is 0 Å². The summed E-state index contributed by atoms with van der Waals surface area (Å²) in [5.41, 5.74) is 1.46. The lowest BCUT2D eigenvalue weighted by Crippen LogP contribution is -2.09. The summed E-state index contributed by atoms with van der Waals surface area (Å²) in [5, 5.41) is 5.28. The van der Waals surface area contributed by atoms with Crippen LogP contribution in [-0.4, -0.2) is 13.6 Å². The van der Waals surface area contributed by atoms with Crippen LogP contribution in [-0.2, 0) is 0 Å². The fraction of sp³-hybridized carbons (Fsp3) is 0.400. The van der Waals surface area contributed by atoms with E-state index in [0.29, 0.717) is 0 Å². The molecule has 0 spiro atoms. The Morgan fingerprint density at radius 1 is 1.67 bits per heavy atom. The van der Waals surface area contributed by atoms with Crippen molar-refractivity contribution in [3.8, 4) is 0 Å². The van der Waals surface area contributed by atoms with Gasteiger partial charge in [-0.1, -0.05) is 18.6 Å². The molecule has 0 bridgehead atoms. The van der Waals surface area contributed by atoms with Crippen LogP contribution in [0.15, 0.2) is 23.1 Å². The van der Waals surface area contributed by atoms with Gasteiger partial charge in [0.05, 0.1) is 0 Å². The second kappa shape index (κ2) is 5.12. The molecule has 2 heteroatoms. The highest BCUT2D eigenvalue weighted by atomic mass is 32.1. The number of nitrogens with one attached hydrogen (secondary N) is 1. The molecule has 0 unspecified atom stereocenters. The quantitative estimate of drug-likeness (QED) is 0.753. The first kappa shape index (κ1) is 9.49. The largest absolute Gasteiger partial charge is 0.316 e. The van der Waals surface area contributed by atoms with E-state index < -0.39 is 0 Å². The Balaban J connectivity index is 2.64. The molecule has 1 nitrogen and oxygen atoms in total. The Hall–Kier alpha value is -0.600. The van der Waals surface area contributed by atoms with Gasteiger partial charge < -0.3 is 5.32 Å². The first-order valence-corrected chi connectivity index (χ1v) is 5.12. The monoisotopic (exact) mass is 181 g/mol. The average Bonchev–Trinajstić information content (AvgIpc) is 2.56. The van der Waals surface area contributed by atoms with E-state index in [1.807, 2.05) is 7.05 Å². The van der Waals surface area contributed by atoms with Crippen LogP contribution in [0.3, 0.4) is 0 Å². The minimum Gasteiger partial charge on any atom is -0.316 e. The molecule has 0 atom stereocenters. The molecule has 66 valence electrons. The van der Waals surface area contributed by atoms with Gasteiger partial charge in [-0.2, -0.15) is 0 Å². The molecule has 0 radical (unpaired) electrons. The van der Waals surface area contributed by atoms with Gasteiger partial charge in [0.2, 0.25) is 0 Å². The summed E-state index contributed by atoms with van der Waals surface area (Å²) in [6.07, 6.45) is 3.39. The lowest BCUT2D eigenvalue weighted by Gasteiger charge is -2.01. The predicted molar refractivity (Wildman–Crippen MR) is 56.5 cm³/mol. The molecule has 1 N–H and O–H groups in total. The van der Waals surface area contributed by atoms with Gasteiger partial charge in [0.1, 0.15) is 0 Å². The zero-order valence-corrected chi connectivity index (χ0v) is 8.45. The van der Waals surface area contributed by atoms with Gasteiger partial charge in [0, 0.05) is 11.4 Å². The number of thiophene rings is 1. The topological polar surface area (TPSA) is 12.0 Å². The van der Waals surface area contributed by atoms with E-state index in [1.54, 1.807) is 11.3 Å². The van der Waals surface area contributed by atoms with E-state index in [4.69, 9.17) is 0 Å². The predicted octanol–water partition coefficient (Wildman–Crippen LogP) is 2.76. The van der Waals surface area contributed by atoms with Crippen molar-refractivity contribution in [2.75, 3.05) is 13.6 Å². The zero-order valence-electron chi connectivity index (χ0n) is 7.63. The van der Waals surface area contributed by atoms with E-state index in [1.165, 1.54) is 10.5 Å². The molecule has 1 rings (SSSR count). The third-order valence-corrected chi connectivity index (χ3v) is 2.57. The molecule has 1 aromatic heterocycles. The smallest absolute Gasteiger partial charge is 0.0270 e. The fourth-order valence-corrected chi connectivity index (χ4v) is 1.79. The lowest BCUT2D eigenvalue weighted by atomic mass is 10.2. The Morgan fingerprint density at radius 2 is 2.50 bits per heavy atom. The second-order valence-electron chi connectivity index (χ2n) is 2.70. The van der Waals surface area contributed by atoms with Crippen molar-refractivity contribution in [2.24, 2.45) is 0 Å². The summed E-state index contributed by atoms with van der Waals surface area (Å²) in [6.45, 7) is 3.19. The first-order chi connectivity index (χ1) is 5.86. The molecular formula is C10H15NS. The van der Waals surface area contributed by atoms with Gasteiger partial charge >= 0.3 is 0 Å². The van der Waals surface area contributed by atoms with E-state index in [-0.39, 0.29) is 0 Å². The molecule has 0 aromatic carbocycles. The molecular weight excluding hydrogens is 166 g/mol. The standard InChI is InChI=1S/C10H15NS/c1-3-9(8-11-2)7-10-5-4-6-12-10/h4-7,11H,3,8H2,1-2H3. The molecule has 1 aromatic rings. The summed E-state index contributed by atoms with van der Waals surface area (Å²) < 4.78 is 0. The number of likely N-dealkylation sites (N-methyl/N-ethyl adjacent to an activating group) is 1. The van der Waals surface area contributed by atoms with Crippen LogP contribution in [0, 0.1) is 0 Å². The summed E-state index contributed by atoms with van der Waals surface area (Å²) in [7, 11) is 1.98. The summed E-state index contributed by atoms with van der Waals surface area (Å²) in [5.74, 6) is 0. The van der Waals surface area contributed by atoms with Crippen molar-refractivity contribution in [2.45, 2.75) is 13.3 Å². The normalized spacial score (nSPS) is 12.0. The van der Waals surface area contributed by atoms with Crippen LogP contribution in [0.1, 0.15) is 18.2 Å². The molecule has 0 aliphatic rings. The molecule has 0 saturated carbocycles. The Labute approximate surface area is 78.1 Å². The maximum absolute atomic E-state index is 3.17. The van der Waals surface area contributed by atoms with Crippen molar-refractivity contribution in [3.05, 3.63) is 28.0 Å². The maximum Gasteiger partial charge on any atom is 0.0270 e. The van der Waals surface area contributed by atoms with Gasteiger partial charge in [-0.3, -0.25) is 0 Å². The van der Waals surface area contributed by atoms with Crippen LogP contribution in [0.4, 0.5) is 0 Å². The van der Waals surface area contributed by atoms with Crippen molar-refractivity contribution in [1.82, 2.24) is 5.32 Å². The lowest BCUT2D eigenvalue weighted by molar-refractivity contribution is 0.851. The van der Waals surface area contributed by atoms with Crippen molar-refractivity contribution in [3.63, 3.8) is 0 Å². The third-order valence-electron chi connectivity index (χ3n) is 1.75. The number of hydrogen-bond acceptors (Lipinski definition) is 2. The highest BCUT2D eigenvalue weighted by molar-refractivity contribution is 7.10. The molecule has 1 heterocycles. The van der Waals surface area contributed by atoms with Crippen LogP contribution < -0.4 is 5.32 Å². The van der Waals surface area contributed by atoms with Gasteiger partial charge in [0.15, 0.2) is 0 Å². The van der Waals surface area contributed by atoms with E-state index in [2.05, 4.69) is 35.8 Å². The van der Waals surface area contributed by atoms with Gasteiger partial charge in [0.25, 0.3) is 0 Å². The van der Waals surface area contributed by atoms with E-state index >= 15 is 0 Å². The van der Waals surface area contributed by atoms with Crippen molar-refractivity contribution >= 4 is 17.4 Å². The second-order valence-corrected chi connectivity index (χ2v) is 3.68. The Kier molecular flexibility index (Phi) is 4.05. The number of rotatable bonds is 4. The SMILES string of the molecule is CCC(=Cc1cccs1)CNC. The van der Waals surface area contributed by atoms with Gasteiger partial charge in [-0.05, 0) is 31.0 Å². The Bertz CT molecular complexity index is 236. The van der Waals surface area contributed by atoms with Gasteiger partial charge in [-0.15, -0.1) is 11.3 Å². The highest BCUT2D eigenvalue weighted by Gasteiger charge is 1.93. The third kappa shape index (κ3) is 2.80. The molecule has 0 aliphatic heterocycles.